The minimum atomic E-state index is 0.00953. The zero-order valence-electron chi connectivity index (χ0n) is 10.9. The molecule has 2 rings (SSSR count). The maximum atomic E-state index is 12.2. The summed E-state index contributed by atoms with van der Waals surface area (Å²) in [7, 11) is 0. The molecule has 0 atom stereocenters. The van der Waals surface area contributed by atoms with E-state index in [2.05, 4.69) is 6.07 Å². The van der Waals surface area contributed by atoms with Gasteiger partial charge in [0.25, 0.3) is 0 Å². The molecule has 4 heteroatoms. The average Bonchev–Trinajstić information content (AvgIpc) is 2.37. The van der Waals surface area contributed by atoms with Gasteiger partial charge in [-0.3, -0.25) is 4.79 Å². The fraction of sp³-hybridized carbons (Fsp3) is 0.467. The van der Waals surface area contributed by atoms with Crippen LogP contribution in [0, 0.1) is 11.3 Å². The van der Waals surface area contributed by atoms with Gasteiger partial charge in [0.2, 0.25) is 5.91 Å². The van der Waals surface area contributed by atoms with E-state index < -0.39 is 0 Å². The number of carbonyl (C=O) groups excluding carboxylic acids is 1. The van der Waals surface area contributed by atoms with E-state index in [1.165, 1.54) is 0 Å². The standard InChI is InChI=1S/C15H18N2O2/c16-11-13-6-4-12(5-7-13)10-15(19)17(8-9-18)14-2-1-3-14/h4-7,14,18H,1-3,8-10H2. The molecule has 0 spiro atoms. The maximum absolute atomic E-state index is 12.2. The van der Waals surface area contributed by atoms with Crippen molar-refractivity contribution < 1.29 is 9.90 Å². The third-order valence-electron chi connectivity index (χ3n) is 3.62. The number of rotatable bonds is 5. The topological polar surface area (TPSA) is 64.3 Å². The molecule has 1 amide bonds. The van der Waals surface area contributed by atoms with Crippen LogP contribution in [0.2, 0.25) is 0 Å². The molecular weight excluding hydrogens is 240 g/mol. The molecule has 0 heterocycles. The Morgan fingerprint density at radius 1 is 1.37 bits per heavy atom. The second-order valence-corrected chi connectivity index (χ2v) is 4.88. The van der Waals surface area contributed by atoms with Crippen molar-refractivity contribution in [3.63, 3.8) is 0 Å². The summed E-state index contributed by atoms with van der Waals surface area (Å²) in [6.45, 7) is 0.426. The van der Waals surface area contributed by atoms with Crippen molar-refractivity contribution in [3.8, 4) is 6.07 Å². The molecule has 1 aromatic carbocycles. The Labute approximate surface area is 113 Å². The molecule has 0 aromatic heterocycles. The maximum Gasteiger partial charge on any atom is 0.227 e. The normalized spacial score (nSPS) is 14.5. The number of benzene rings is 1. The average molecular weight is 258 g/mol. The van der Waals surface area contributed by atoms with Crippen LogP contribution >= 0.6 is 0 Å². The van der Waals surface area contributed by atoms with Gasteiger partial charge in [-0.25, -0.2) is 0 Å². The molecule has 100 valence electrons. The van der Waals surface area contributed by atoms with Gasteiger partial charge >= 0.3 is 0 Å². The summed E-state index contributed by atoms with van der Waals surface area (Å²) < 4.78 is 0. The van der Waals surface area contributed by atoms with Crippen LogP contribution in [0.4, 0.5) is 0 Å². The second-order valence-electron chi connectivity index (χ2n) is 4.88. The lowest BCUT2D eigenvalue weighted by atomic mass is 9.91. The zero-order chi connectivity index (χ0) is 13.7. The summed E-state index contributed by atoms with van der Waals surface area (Å²) in [6.07, 6.45) is 3.58. The van der Waals surface area contributed by atoms with E-state index >= 15 is 0 Å². The van der Waals surface area contributed by atoms with E-state index in [1.807, 2.05) is 12.1 Å². The van der Waals surface area contributed by atoms with Crippen LogP contribution in [0.5, 0.6) is 0 Å². The molecule has 0 radical (unpaired) electrons. The molecule has 19 heavy (non-hydrogen) atoms. The Balaban J connectivity index is 1.99. The number of aliphatic hydroxyl groups excluding tert-OH is 1. The molecule has 0 unspecified atom stereocenters. The van der Waals surface area contributed by atoms with E-state index in [-0.39, 0.29) is 12.5 Å². The molecule has 1 aromatic rings. The smallest absolute Gasteiger partial charge is 0.227 e. The van der Waals surface area contributed by atoms with Crippen molar-refractivity contribution in [2.75, 3.05) is 13.2 Å². The largest absolute Gasteiger partial charge is 0.395 e. The molecule has 1 N–H and O–H groups in total. The summed E-state index contributed by atoms with van der Waals surface area (Å²) in [5.41, 5.74) is 1.51. The first kappa shape index (κ1) is 13.6. The minimum absolute atomic E-state index is 0.00953. The summed E-state index contributed by atoms with van der Waals surface area (Å²) in [4.78, 5) is 14.0. The van der Waals surface area contributed by atoms with Gasteiger partial charge in [0.1, 0.15) is 0 Å². The van der Waals surface area contributed by atoms with Crippen LogP contribution in [0.1, 0.15) is 30.4 Å². The summed E-state index contributed by atoms with van der Waals surface area (Å²) in [5.74, 6) is 0.0588. The Morgan fingerprint density at radius 2 is 2.05 bits per heavy atom. The van der Waals surface area contributed by atoms with Crippen molar-refractivity contribution >= 4 is 5.91 Å². The Kier molecular flexibility index (Phi) is 4.53. The van der Waals surface area contributed by atoms with Gasteiger partial charge in [-0.2, -0.15) is 5.26 Å². The third-order valence-corrected chi connectivity index (χ3v) is 3.62. The lowest BCUT2D eigenvalue weighted by molar-refractivity contribution is -0.135. The lowest BCUT2D eigenvalue weighted by Crippen LogP contribution is -2.46. The number of nitrogens with zero attached hydrogens (tertiary/aromatic N) is 2. The Bertz CT molecular complexity index is 472. The van der Waals surface area contributed by atoms with Crippen LogP contribution in [0.15, 0.2) is 24.3 Å². The molecule has 1 aliphatic rings. The summed E-state index contributed by atoms with van der Waals surface area (Å²) in [6, 6.07) is 9.44. The number of hydrogen-bond donors (Lipinski definition) is 1. The third kappa shape index (κ3) is 3.33. The monoisotopic (exact) mass is 258 g/mol. The lowest BCUT2D eigenvalue weighted by Gasteiger charge is -2.37. The Hall–Kier alpha value is -1.86. The number of carbonyl (C=O) groups is 1. The van der Waals surface area contributed by atoms with Crippen molar-refractivity contribution in [2.24, 2.45) is 0 Å². The fourth-order valence-corrected chi connectivity index (χ4v) is 2.29. The van der Waals surface area contributed by atoms with Gasteiger partial charge in [-0.1, -0.05) is 12.1 Å². The summed E-state index contributed by atoms with van der Waals surface area (Å²) >= 11 is 0. The number of nitriles is 1. The van der Waals surface area contributed by atoms with Gasteiger partial charge in [0, 0.05) is 12.6 Å². The highest BCUT2D eigenvalue weighted by molar-refractivity contribution is 5.79. The molecule has 1 aliphatic carbocycles. The summed E-state index contributed by atoms with van der Waals surface area (Å²) in [5, 5.41) is 17.8. The highest BCUT2D eigenvalue weighted by atomic mass is 16.3. The molecule has 0 bridgehead atoms. The van der Waals surface area contributed by atoms with Crippen molar-refractivity contribution in [2.45, 2.75) is 31.7 Å². The number of amides is 1. The van der Waals surface area contributed by atoms with Crippen LogP contribution in [-0.2, 0) is 11.2 Å². The van der Waals surface area contributed by atoms with Crippen molar-refractivity contribution in [1.29, 1.82) is 5.26 Å². The van der Waals surface area contributed by atoms with Crippen LogP contribution in [-0.4, -0.2) is 35.1 Å². The van der Waals surface area contributed by atoms with Crippen molar-refractivity contribution in [1.82, 2.24) is 4.90 Å². The van der Waals surface area contributed by atoms with Gasteiger partial charge in [-0.15, -0.1) is 0 Å². The predicted molar refractivity (Wildman–Crippen MR) is 71.3 cm³/mol. The van der Waals surface area contributed by atoms with Gasteiger partial charge in [-0.05, 0) is 37.0 Å². The highest BCUT2D eigenvalue weighted by Gasteiger charge is 2.28. The Morgan fingerprint density at radius 3 is 2.53 bits per heavy atom. The molecule has 4 nitrogen and oxygen atoms in total. The van der Waals surface area contributed by atoms with E-state index in [0.717, 1.165) is 24.8 Å². The SMILES string of the molecule is N#Cc1ccc(CC(=O)N(CCO)C2CCC2)cc1. The minimum Gasteiger partial charge on any atom is -0.395 e. The van der Waals surface area contributed by atoms with Gasteiger partial charge in [0.15, 0.2) is 0 Å². The predicted octanol–water partition coefficient (Wildman–Crippen LogP) is 1.47. The number of aliphatic hydroxyl groups is 1. The first-order chi connectivity index (χ1) is 9.24. The first-order valence-electron chi connectivity index (χ1n) is 6.64. The quantitative estimate of drug-likeness (QED) is 0.870. The van der Waals surface area contributed by atoms with E-state index in [1.54, 1.807) is 17.0 Å². The molecule has 0 saturated heterocycles. The van der Waals surface area contributed by atoms with Crippen LogP contribution in [0.25, 0.3) is 0 Å². The van der Waals surface area contributed by atoms with Crippen molar-refractivity contribution in [3.05, 3.63) is 35.4 Å². The fourth-order valence-electron chi connectivity index (χ4n) is 2.29. The van der Waals surface area contributed by atoms with E-state index in [9.17, 15) is 4.79 Å². The zero-order valence-corrected chi connectivity index (χ0v) is 10.9. The van der Waals surface area contributed by atoms with Gasteiger partial charge < -0.3 is 10.0 Å². The van der Waals surface area contributed by atoms with Gasteiger partial charge in [0.05, 0.1) is 24.7 Å². The molecule has 1 saturated carbocycles. The van der Waals surface area contributed by atoms with Crippen LogP contribution in [0.3, 0.4) is 0 Å². The van der Waals surface area contributed by atoms with E-state index in [0.29, 0.717) is 24.6 Å². The molecule has 0 aliphatic heterocycles. The molecular formula is C15H18N2O2. The molecule has 1 fully saturated rings. The first-order valence-corrected chi connectivity index (χ1v) is 6.64. The second kappa shape index (κ2) is 6.35. The number of hydrogen-bond acceptors (Lipinski definition) is 3. The van der Waals surface area contributed by atoms with E-state index in [4.69, 9.17) is 10.4 Å². The highest BCUT2D eigenvalue weighted by Crippen LogP contribution is 2.25. The van der Waals surface area contributed by atoms with Crippen LogP contribution < -0.4 is 0 Å².